The Balaban J connectivity index is 1.13. The van der Waals surface area contributed by atoms with Crippen molar-refractivity contribution in [2.75, 3.05) is 50.8 Å². The van der Waals surface area contributed by atoms with Gasteiger partial charge in [-0.1, -0.05) is 12.1 Å². The van der Waals surface area contributed by atoms with Gasteiger partial charge in [-0.25, -0.2) is 9.59 Å². The van der Waals surface area contributed by atoms with Gasteiger partial charge in [0.2, 0.25) is 5.91 Å². The second-order valence-electron chi connectivity index (χ2n) is 10.1. The molecule has 188 valence electrons. The van der Waals surface area contributed by atoms with Gasteiger partial charge in [0.05, 0.1) is 24.1 Å². The highest BCUT2D eigenvalue weighted by atomic mass is 16.6. The molecule has 9 heteroatoms. The zero-order chi connectivity index (χ0) is 24.9. The molecule has 0 N–H and O–H groups in total. The molecule has 0 unspecified atom stereocenters. The first-order chi connectivity index (χ1) is 17.5. The molecule has 1 aromatic carbocycles. The molecular weight excluding hydrogens is 460 g/mol. The van der Waals surface area contributed by atoms with Crippen LogP contribution >= 0.6 is 0 Å². The van der Waals surface area contributed by atoms with Crippen LogP contribution in [0.4, 0.5) is 10.5 Å². The van der Waals surface area contributed by atoms with Gasteiger partial charge in [-0.2, -0.15) is 0 Å². The summed E-state index contributed by atoms with van der Waals surface area (Å²) in [6.45, 7) is 5.90. The van der Waals surface area contributed by atoms with Crippen LogP contribution in [0.15, 0.2) is 42.7 Å². The fraction of sp³-hybridized carbons (Fsp3) is 0.481. The maximum atomic E-state index is 13.7. The summed E-state index contributed by atoms with van der Waals surface area (Å²) in [5, 5.41) is 0. The fourth-order valence-corrected chi connectivity index (χ4v) is 5.91. The maximum Gasteiger partial charge on any atom is 0.409 e. The Hall–Kier alpha value is -3.62. The summed E-state index contributed by atoms with van der Waals surface area (Å²) in [4.78, 5) is 48.0. The average Bonchev–Trinajstić information content (AvgIpc) is 3.54. The quantitative estimate of drug-likeness (QED) is 0.609. The highest BCUT2D eigenvalue weighted by Crippen LogP contribution is 2.52. The van der Waals surface area contributed by atoms with Crippen LogP contribution in [0.2, 0.25) is 0 Å². The molecule has 2 amide bonds. The van der Waals surface area contributed by atoms with E-state index in [1.807, 2.05) is 17.9 Å². The first kappa shape index (κ1) is 22.8. The van der Waals surface area contributed by atoms with Crippen LogP contribution in [0.3, 0.4) is 0 Å². The van der Waals surface area contributed by atoms with E-state index < -0.39 is 11.0 Å². The third-order valence-corrected chi connectivity index (χ3v) is 8.09. The van der Waals surface area contributed by atoms with Crippen molar-refractivity contribution in [3.8, 4) is 0 Å². The minimum atomic E-state index is -0.753. The number of hydrogen-bond acceptors (Lipinski definition) is 7. The Morgan fingerprint density at radius 2 is 1.75 bits per heavy atom. The van der Waals surface area contributed by atoms with Crippen LogP contribution in [0.5, 0.6) is 0 Å². The summed E-state index contributed by atoms with van der Waals surface area (Å²) in [5.41, 5.74) is 2.23. The van der Waals surface area contributed by atoms with Crippen molar-refractivity contribution in [1.29, 1.82) is 0 Å². The fourth-order valence-electron chi connectivity index (χ4n) is 5.91. The van der Waals surface area contributed by atoms with E-state index in [2.05, 4.69) is 34.1 Å². The second-order valence-corrected chi connectivity index (χ2v) is 10.1. The minimum Gasteiger partial charge on any atom is -0.450 e. The number of benzene rings is 1. The van der Waals surface area contributed by atoms with Crippen LogP contribution in [-0.4, -0.2) is 78.6 Å². The van der Waals surface area contributed by atoms with E-state index in [1.165, 1.54) is 0 Å². The molecule has 1 spiro atoms. The SMILES string of the molecule is CCOC(=O)N1CCN(c2ccc(C3(C(=O)N4CC[C@@]5(C4)OC(=O)c4cnccc45)CC3)cc2)CC1. The Kier molecular flexibility index (Phi) is 5.39. The number of amides is 2. The van der Waals surface area contributed by atoms with Gasteiger partial charge in [-0.3, -0.25) is 9.78 Å². The number of anilines is 1. The van der Waals surface area contributed by atoms with E-state index in [-0.39, 0.29) is 18.0 Å². The molecule has 0 bridgehead atoms. The van der Waals surface area contributed by atoms with Crippen LogP contribution < -0.4 is 4.90 Å². The van der Waals surface area contributed by atoms with Gasteiger partial charge < -0.3 is 24.2 Å². The van der Waals surface area contributed by atoms with Gasteiger partial charge >= 0.3 is 12.1 Å². The largest absolute Gasteiger partial charge is 0.450 e. The first-order valence-electron chi connectivity index (χ1n) is 12.7. The van der Waals surface area contributed by atoms with Crippen molar-refractivity contribution in [2.45, 2.75) is 37.2 Å². The van der Waals surface area contributed by atoms with Gasteiger partial charge in [-0.05, 0) is 43.5 Å². The predicted molar refractivity (Wildman–Crippen MR) is 131 cm³/mol. The number of rotatable bonds is 4. The Labute approximate surface area is 210 Å². The van der Waals surface area contributed by atoms with Gasteiger partial charge in [-0.15, -0.1) is 0 Å². The summed E-state index contributed by atoms with van der Waals surface area (Å²) in [6.07, 6.45) is 5.23. The smallest absolute Gasteiger partial charge is 0.409 e. The molecule has 6 rings (SSSR count). The molecule has 3 aliphatic heterocycles. The van der Waals surface area contributed by atoms with Crippen molar-refractivity contribution in [2.24, 2.45) is 0 Å². The van der Waals surface area contributed by atoms with Crippen molar-refractivity contribution in [1.82, 2.24) is 14.8 Å². The third kappa shape index (κ3) is 3.60. The zero-order valence-corrected chi connectivity index (χ0v) is 20.4. The van der Waals surface area contributed by atoms with Gasteiger partial charge in [0.1, 0.15) is 0 Å². The Morgan fingerprint density at radius 1 is 1.00 bits per heavy atom. The Morgan fingerprint density at radius 3 is 2.44 bits per heavy atom. The summed E-state index contributed by atoms with van der Waals surface area (Å²) in [5.74, 6) is -0.235. The number of pyridine rings is 1. The van der Waals surface area contributed by atoms with E-state index in [1.54, 1.807) is 17.3 Å². The van der Waals surface area contributed by atoms with Crippen LogP contribution in [-0.2, 0) is 25.3 Å². The van der Waals surface area contributed by atoms with Crippen LogP contribution in [0.25, 0.3) is 0 Å². The van der Waals surface area contributed by atoms with Crippen LogP contribution in [0, 0.1) is 0 Å². The molecule has 2 saturated heterocycles. The number of aromatic nitrogens is 1. The van der Waals surface area contributed by atoms with E-state index in [0.29, 0.717) is 44.8 Å². The molecule has 1 saturated carbocycles. The topological polar surface area (TPSA) is 92.3 Å². The molecule has 1 aromatic heterocycles. The summed E-state index contributed by atoms with van der Waals surface area (Å²) in [7, 11) is 0. The molecule has 2 aromatic rings. The average molecular weight is 491 g/mol. The number of esters is 1. The Bertz CT molecular complexity index is 1200. The standard InChI is InChI=1S/C27H30N4O5/c1-2-35-25(34)30-15-13-29(14-16-30)20-5-3-19(4-6-20)26(8-9-26)24(33)31-12-10-27(18-31)22-7-11-28-17-21(22)23(32)36-27/h3-7,11,17H,2,8-10,12-16,18H2,1H3/t27-/m0/s1. The second kappa shape index (κ2) is 8.50. The van der Waals surface area contributed by atoms with Gasteiger partial charge in [0, 0.05) is 62.8 Å². The number of carbonyl (C=O) groups excluding carboxylic acids is 3. The van der Waals surface area contributed by atoms with E-state index in [0.717, 1.165) is 42.7 Å². The van der Waals surface area contributed by atoms with Crippen molar-refractivity contribution in [3.05, 3.63) is 59.4 Å². The lowest BCUT2D eigenvalue weighted by atomic mass is 9.92. The summed E-state index contributed by atoms with van der Waals surface area (Å²) in [6, 6.07) is 10.1. The van der Waals surface area contributed by atoms with Gasteiger partial charge in [0.25, 0.3) is 0 Å². The van der Waals surface area contributed by atoms with Crippen LogP contribution in [0.1, 0.15) is 47.7 Å². The van der Waals surface area contributed by atoms with E-state index in [4.69, 9.17) is 9.47 Å². The number of piperazine rings is 1. The lowest BCUT2D eigenvalue weighted by molar-refractivity contribution is -0.134. The lowest BCUT2D eigenvalue weighted by Crippen LogP contribution is -2.49. The summed E-state index contributed by atoms with van der Waals surface area (Å²) >= 11 is 0. The van der Waals surface area contributed by atoms with Crippen molar-refractivity contribution >= 4 is 23.7 Å². The predicted octanol–water partition coefficient (Wildman–Crippen LogP) is 2.69. The number of likely N-dealkylation sites (tertiary alicyclic amines) is 1. The van der Waals surface area contributed by atoms with E-state index >= 15 is 0 Å². The number of fused-ring (bicyclic) bond motifs is 2. The van der Waals surface area contributed by atoms with Crippen molar-refractivity contribution in [3.63, 3.8) is 0 Å². The van der Waals surface area contributed by atoms with Crippen molar-refractivity contribution < 1.29 is 23.9 Å². The van der Waals surface area contributed by atoms with Gasteiger partial charge in [0.15, 0.2) is 5.60 Å². The molecule has 3 fully saturated rings. The summed E-state index contributed by atoms with van der Waals surface area (Å²) < 4.78 is 10.9. The number of carbonyl (C=O) groups is 3. The molecule has 0 radical (unpaired) electrons. The zero-order valence-electron chi connectivity index (χ0n) is 20.4. The normalized spacial score (nSPS) is 24.0. The molecular formula is C27H30N4O5. The lowest BCUT2D eigenvalue weighted by Gasteiger charge is -2.35. The highest BCUT2D eigenvalue weighted by molar-refractivity contribution is 5.95. The molecule has 4 heterocycles. The monoisotopic (exact) mass is 490 g/mol. The highest BCUT2D eigenvalue weighted by Gasteiger charge is 2.57. The minimum absolute atomic E-state index is 0.119. The number of hydrogen-bond donors (Lipinski definition) is 0. The molecule has 4 aliphatic rings. The van der Waals surface area contributed by atoms with E-state index in [9.17, 15) is 14.4 Å². The maximum absolute atomic E-state index is 13.7. The number of ether oxygens (including phenoxy) is 2. The molecule has 36 heavy (non-hydrogen) atoms. The number of nitrogens with zero attached hydrogens (tertiary/aromatic N) is 4. The third-order valence-electron chi connectivity index (χ3n) is 8.09. The first-order valence-corrected chi connectivity index (χ1v) is 12.7. The molecule has 9 nitrogen and oxygen atoms in total. The molecule has 1 atom stereocenters. The molecule has 1 aliphatic carbocycles.